The second-order valence-electron chi connectivity index (χ2n) is 4.63. The van der Waals surface area contributed by atoms with Crippen molar-refractivity contribution in [2.24, 2.45) is 0 Å². The predicted octanol–water partition coefficient (Wildman–Crippen LogP) is 2.16. The first kappa shape index (κ1) is 10.0. The van der Waals surface area contributed by atoms with Crippen molar-refractivity contribution in [2.75, 3.05) is 17.3 Å². The summed E-state index contributed by atoms with van der Waals surface area (Å²) in [6, 6.07) is 6.09. The summed E-state index contributed by atoms with van der Waals surface area (Å²) in [5, 5.41) is 3.25. The number of likely N-dealkylation sites (N-methyl/N-ethyl adjacent to an activating group) is 1. The lowest BCUT2D eigenvalue weighted by atomic mass is 9.98. The van der Waals surface area contributed by atoms with Crippen LogP contribution >= 0.6 is 0 Å². The van der Waals surface area contributed by atoms with E-state index in [1.807, 2.05) is 46.0 Å². The summed E-state index contributed by atoms with van der Waals surface area (Å²) < 4.78 is 0. The minimum absolute atomic E-state index is 0.0978. The fourth-order valence-corrected chi connectivity index (χ4v) is 1.94. The molecule has 3 heteroatoms. The highest BCUT2D eigenvalue weighted by Crippen LogP contribution is 2.34. The van der Waals surface area contributed by atoms with Crippen LogP contribution in [0.3, 0.4) is 0 Å². The second kappa shape index (κ2) is 2.99. The normalized spacial score (nSPS) is 18.4. The first-order chi connectivity index (χ1) is 6.92. The van der Waals surface area contributed by atoms with Gasteiger partial charge in [0.05, 0.1) is 11.4 Å². The average molecular weight is 204 g/mol. The van der Waals surface area contributed by atoms with E-state index in [-0.39, 0.29) is 5.91 Å². The van der Waals surface area contributed by atoms with Crippen molar-refractivity contribution < 1.29 is 4.79 Å². The van der Waals surface area contributed by atoms with E-state index in [0.717, 1.165) is 16.9 Å². The standard InChI is InChI=1S/C12H16N2O/c1-8-5-6-9-10(7-8)14(4)11(15)12(2,3)13-9/h5-7,13H,1-4H3. The van der Waals surface area contributed by atoms with E-state index < -0.39 is 5.54 Å². The number of fused-ring (bicyclic) bond motifs is 1. The largest absolute Gasteiger partial charge is 0.370 e. The van der Waals surface area contributed by atoms with Crippen LogP contribution in [0, 0.1) is 6.92 Å². The minimum Gasteiger partial charge on any atom is -0.370 e. The predicted molar refractivity (Wildman–Crippen MR) is 62.3 cm³/mol. The maximum absolute atomic E-state index is 12.0. The highest BCUT2D eigenvalue weighted by Gasteiger charge is 2.36. The number of nitrogens with zero attached hydrogens (tertiary/aromatic N) is 1. The lowest BCUT2D eigenvalue weighted by molar-refractivity contribution is -0.121. The van der Waals surface area contributed by atoms with Crippen molar-refractivity contribution in [2.45, 2.75) is 26.3 Å². The summed E-state index contributed by atoms with van der Waals surface area (Å²) in [5.41, 5.74) is 2.62. The number of hydrogen-bond donors (Lipinski definition) is 1. The number of benzene rings is 1. The van der Waals surface area contributed by atoms with Crippen molar-refractivity contribution in [1.82, 2.24) is 0 Å². The van der Waals surface area contributed by atoms with E-state index in [4.69, 9.17) is 0 Å². The molecule has 0 radical (unpaired) electrons. The Labute approximate surface area is 90.1 Å². The van der Waals surface area contributed by atoms with Gasteiger partial charge in [-0.25, -0.2) is 0 Å². The molecule has 0 saturated carbocycles. The molecule has 15 heavy (non-hydrogen) atoms. The van der Waals surface area contributed by atoms with Crippen molar-refractivity contribution in [1.29, 1.82) is 0 Å². The summed E-state index contributed by atoms with van der Waals surface area (Å²) in [6.07, 6.45) is 0. The summed E-state index contributed by atoms with van der Waals surface area (Å²) in [5.74, 6) is 0.0978. The van der Waals surface area contributed by atoms with Gasteiger partial charge in [0.25, 0.3) is 5.91 Å². The molecule has 1 aromatic carbocycles. The van der Waals surface area contributed by atoms with Crippen LogP contribution in [-0.4, -0.2) is 18.5 Å². The van der Waals surface area contributed by atoms with Gasteiger partial charge in [0.1, 0.15) is 5.54 Å². The number of carbonyl (C=O) groups is 1. The maximum atomic E-state index is 12.0. The maximum Gasteiger partial charge on any atom is 0.251 e. The number of carbonyl (C=O) groups excluding carboxylic acids is 1. The van der Waals surface area contributed by atoms with E-state index in [1.165, 1.54) is 0 Å². The molecule has 0 spiro atoms. The molecule has 0 atom stereocenters. The van der Waals surface area contributed by atoms with Crippen molar-refractivity contribution >= 4 is 17.3 Å². The van der Waals surface area contributed by atoms with Crippen LogP contribution < -0.4 is 10.2 Å². The highest BCUT2D eigenvalue weighted by atomic mass is 16.2. The Morgan fingerprint density at radius 3 is 2.67 bits per heavy atom. The number of anilines is 2. The Balaban J connectivity index is 2.55. The van der Waals surface area contributed by atoms with Gasteiger partial charge in [0.2, 0.25) is 0 Å². The molecule has 0 fully saturated rings. The Morgan fingerprint density at radius 1 is 1.33 bits per heavy atom. The van der Waals surface area contributed by atoms with E-state index in [1.54, 1.807) is 4.90 Å². The number of hydrogen-bond acceptors (Lipinski definition) is 2. The van der Waals surface area contributed by atoms with Crippen molar-refractivity contribution in [3.05, 3.63) is 23.8 Å². The first-order valence-electron chi connectivity index (χ1n) is 5.09. The van der Waals surface area contributed by atoms with Gasteiger partial charge >= 0.3 is 0 Å². The quantitative estimate of drug-likeness (QED) is 0.702. The summed E-state index contributed by atoms with van der Waals surface area (Å²) in [4.78, 5) is 13.7. The third kappa shape index (κ3) is 1.48. The molecule has 0 saturated heterocycles. The van der Waals surface area contributed by atoms with Crippen molar-refractivity contribution in [3.8, 4) is 0 Å². The molecular weight excluding hydrogens is 188 g/mol. The molecule has 3 nitrogen and oxygen atoms in total. The fourth-order valence-electron chi connectivity index (χ4n) is 1.94. The Hall–Kier alpha value is -1.51. The topological polar surface area (TPSA) is 32.3 Å². The van der Waals surface area contributed by atoms with E-state index in [2.05, 4.69) is 5.32 Å². The number of nitrogens with one attached hydrogen (secondary N) is 1. The van der Waals surface area contributed by atoms with E-state index in [9.17, 15) is 4.79 Å². The monoisotopic (exact) mass is 204 g/mol. The van der Waals surface area contributed by atoms with Gasteiger partial charge in [0, 0.05) is 7.05 Å². The van der Waals surface area contributed by atoms with Gasteiger partial charge in [-0.3, -0.25) is 4.79 Å². The third-order valence-corrected chi connectivity index (χ3v) is 2.80. The summed E-state index contributed by atoms with van der Waals surface area (Å²) in [7, 11) is 1.82. The zero-order valence-electron chi connectivity index (χ0n) is 9.59. The van der Waals surface area contributed by atoms with Gasteiger partial charge in [-0.15, -0.1) is 0 Å². The molecule has 0 aromatic heterocycles. The molecule has 80 valence electrons. The minimum atomic E-state index is -0.517. The molecular formula is C12H16N2O. The molecule has 1 N–H and O–H groups in total. The molecule has 1 aliphatic heterocycles. The fraction of sp³-hybridized carbons (Fsp3) is 0.417. The van der Waals surface area contributed by atoms with Crippen LogP contribution in [0.5, 0.6) is 0 Å². The van der Waals surface area contributed by atoms with E-state index in [0.29, 0.717) is 0 Å². The van der Waals surface area contributed by atoms with Crippen LogP contribution in [0.15, 0.2) is 18.2 Å². The molecule has 0 unspecified atom stereocenters. The van der Waals surface area contributed by atoms with E-state index >= 15 is 0 Å². The molecule has 1 amide bonds. The molecule has 0 bridgehead atoms. The zero-order valence-corrected chi connectivity index (χ0v) is 9.59. The van der Waals surface area contributed by atoms with Gasteiger partial charge in [-0.1, -0.05) is 6.07 Å². The lowest BCUT2D eigenvalue weighted by Crippen LogP contribution is -2.52. The Morgan fingerprint density at radius 2 is 2.00 bits per heavy atom. The highest BCUT2D eigenvalue weighted by molar-refractivity contribution is 6.07. The van der Waals surface area contributed by atoms with Crippen LogP contribution in [0.25, 0.3) is 0 Å². The molecule has 1 heterocycles. The zero-order chi connectivity index (χ0) is 11.2. The summed E-state index contributed by atoms with van der Waals surface area (Å²) in [6.45, 7) is 5.82. The van der Waals surface area contributed by atoms with Crippen LogP contribution in [0.2, 0.25) is 0 Å². The van der Waals surface area contributed by atoms with Gasteiger partial charge in [-0.2, -0.15) is 0 Å². The smallest absolute Gasteiger partial charge is 0.251 e. The Kier molecular flexibility index (Phi) is 2.00. The molecule has 1 aromatic rings. The molecule has 2 rings (SSSR count). The molecule has 0 aliphatic carbocycles. The third-order valence-electron chi connectivity index (χ3n) is 2.80. The Bertz CT molecular complexity index is 424. The van der Waals surface area contributed by atoms with Crippen molar-refractivity contribution in [3.63, 3.8) is 0 Å². The first-order valence-corrected chi connectivity index (χ1v) is 5.09. The number of rotatable bonds is 0. The molecule has 1 aliphatic rings. The average Bonchev–Trinajstić information content (AvgIpc) is 2.16. The van der Waals surface area contributed by atoms with Gasteiger partial charge in [-0.05, 0) is 38.5 Å². The van der Waals surface area contributed by atoms with Crippen LogP contribution in [0.1, 0.15) is 19.4 Å². The lowest BCUT2D eigenvalue weighted by Gasteiger charge is -2.38. The van der Waals surface area contributed by atoms with Crippen LogP contribution in [0.4, 0.5) is 11.4 Å². The SMILES string of the molecule is Cc1ccc2c(c1)N(C)C(=O)C(C)(C)N2. The number of amides is 1. The van der Waals surface area contributed by atoms with Gasteiger partial charge in [0.15, 0.2) is 0 Å². The second-order valence-corrected chi connectivity index (χ2v) is 4.63. The summed E-state index contributed by atoms with van der Waals surface area (Å²) >= 11 is 0. The number of aryl methyl sites for hydroxylation is 1. The van der Waals surface area contributed by atoms with Gasteiger partial charge < -0.3 is 10.2 Å². The van der Waals surface area contributed by atoms with Crippen LogP contribution in [-0.2, 0) is 4.79 Å².